The molecule has 28 heavy (non-hydrogen) atoms. The Balaban J connectivity index is 1.42. The van der Waals surface area contributed by atoms with Crippen LogP contribution < -0.4 is 4.74 Å². The number of pyridine rings is 1. The first-order chi connectivity index (χ1) is 13.5. The fourth-order valence-corrected chi connectivity index (χ4v) is 4.40. The number of carbonyl (C=O) groups is 2. The van der Waals surface area contributed by atoms with Gasteiger partial charge in [0.1, 0.15) is 5.82 Å². The van der Waals surface area contributed by atoms with Crippen LogP contribution in [0.4, 0.5) is 9.18 Å². The number of aromatic nitrogens is 1. The molecule has 3 heterocycles. The average Bonchev–Trinajstić information content (AvgIpc) is 3.06. The summed E-state index contributed by atoms with van der Waals surface area (Å²) in [6, 6.07) is 8.23. The maximum Gasteiger partial charge on any atom is 0.415 e. The summed E-state index contributed by atoms with van der Waals surface area (Å²) in [6.07, 6.45) is 2.62. The fourth-order valence-electron chi connectivity index (χ4n) is 3.22. The molecule has 1 aromatic carbocycles. The molecule has 0 spiro atoms. The van der Waals surface area contributed by atoms with Crippen LogP contribution in [0.1, 0.15) is 15.2 Å². The average molecular weight is 399 g/mol. The van der Waals surface area contributed by atoms with Crippen LogP contribution in [0.2, 0.25) is 0 Å². The van der Waals surface area contributed by atoms with Gasteiger partial charge in [0.2, 0.25) is 0 Å². The van der Waals surface area contributed by atoms with Crippen LogP contribution in [0.3, 0.4) is 0 Å². The van der Waals surface area contributed by atoms with Crippen molar-refractivity contribution in [1.29, 1.82) is 0 Å². The number of amides is 2. The van der Waals surface area contributed by atoms with Crippen LogP contribution in [0.25, 0.3) is 10.1 Å². The third-order valence-electron chi connectivity index (χ3n) is 4.77. The summed E-state index contributed by atoms with van der Waals surface area (Å²) in [7, 11) is 0. The first-order valence-corrected chi connectivity index (χ1v) is 9.70. The van der Waals surface area contributed by atoms with E-state index >= 15 is 0 Å². The molecule has 1 fully saturated rings. The molecule has 6 nitrogen and oxygen atoms in total. The molecule has 0 N–H and O–H groups in total. The molecule has 144 valence electrons. The van der Waals surface area contributed by atoms with Crippen LogP contribution in [-0.2, 0) is 0 Å². The summed E-state index contributed by atoms with van der Waals surface area (Å²) in [5.41, 5.74) is 0.794. The quantitative estimate of drug-likeness (QED) is 0.659. The van der Waals surface area contributed by atoms with Gasteiger partial charge >= 0.3 is 6.09 Å². The highest BCUT2D eigenvalue weighted by molar-refractivity contribution is 7.21. The summed E-state index contributed by atoms with van der Waals surface area (Å²) in [5.74, 6) is -0.0556. The molecule has 3 aromatic rings. The van der Waals surface area contributed by atoms with Gasteiger partial charge in [-0.25, -0.2) is 9.18 Å². The van der Waals surface area contributed by atoms with Gasteiger partial charge in [0.15, 0.2) is 5.75 Å². The maximum atomic E-state index is 14.0. The molecule has 0 unspecified atom stereocenters. The molecule has 4 rings (SSSR count). The minimum atomic E-state index is -0.458. The van der Waals surface area contributed by atoms with Gasteiger partial charge in [-0.15, -0.1) is 11.3 Å². The number of hydrogen-bond donors (Lipinski definition) is 0. The van der Waals surface area contributed by atoms with Crippen molar-refractivity contribution in [1.82, 2.24) is 14.8 Å². The first kappa shape index (κ1) is 18.4. The van der Waals surface area contributed by atoms with Crippen molar-refractivity contribution in [2.24, 2.45) is 0 Å². The van der Waals surface area contributed by atoms with Crippen molar-refractivity contribution in [3.8, 4) is 5.75 Å². The summed E-state index contributed by atoms with van der Waals surface area (Å²) >= 11 is 1.18. The van der Waals surface area contributed by atoms with Crippen molar-refractivity contribution >= 4 is 33.4 Å². The van der Waals surface area contributed by atoms with Crippen molar-refractivity contribution in [3.05, 3.63) is 59.0 Å². The molecular formula is C20H18FN3O3S. The Bertz CT molecular complexity index is 1030. The molecule has 1 aliphatic heterocycles. The predicted octanol–water partition coefficient (Wildman–Crippen LogP) is 3.70. The number of carbonyl (C=O) groups excluding carboxylic acids is 2. The second-order valence-corrected chi connectivity index (χ2v) is 7.53. The van der Waals surface area contributed by atoms with Crippen LogP contribution in [0, 0.1) is 12.7 Å². The lowest BCUT2D eigenvalue weighted by atomic mass is 10.1. The highest BCUT2D eigenvalue weighted by Crippen LogP contribution is 2.33. The highest BCUT2D eigenvalue weighted by atomic mass is 32.1. The molecule has 1 saturated heterocycles. The summed E-state index contributed by atoms with van der Waals surface area (Å²) in [4.78, 5) is 32.9. The third-order valence-corrected chi connectivity index (χ3v) is 6.08. The van der Waals surface area contributed by atoms with E-state index in [0.29, 0.717) is 41.5 Å². The Hall–Kier alpha value is -3.00. The number of thiophene rings is 1. The summed E-state index contributed by atoms with van der Waals surface area (Å²) in [6.45, 7) is 3.40. The van der Waals surface area contributed by atoms with E-state index in [9.17, 15) is 14.0 Å². The molecule has 0 saturated carbocycles. The molecule has 0 radical (unpaired) electrons. The summed E-state index contributed by atoms with van der Waals surface area (Å²) in [5, 5.41) is 0.770. The highest BCUT2D eigenvalue weighted by Gasteiger charge is 2.28. The monoisotopic (exact) mass is 399 g/mol. The Morgan fingerprint density at radius 1 is 1.11 bits per heavy atom. The predicted molar refractivity (Wildman–Crippen MR) is 104 cm³/mol. The van der Waals surface area contributed by atoms with E-state index in [1.54, 1.807) is 34.2 Å². The Kier molecular flexibility index (Phi) is 4.95. The fraction of sp³-hybridized carbons (Fsp3) is 0.250. The number of hydrogen-bond acceptors (Lipinski definition) is 5. The number of halogens is 1. The smallest absolute Gasteiger partial charge is 0.409 e. The molecule has 0 atom stereocenters. The lowest BCUT2D eigenvalue weighted by Crippen LogP contribution is -2.51. The Morgan fingerprint density at radius 3 is 2.54 bits per heavy atom. The minimum Gasteiger partial charge on any atom is -0.409 e. The molecule has 1 aliphatic rings. The number of nitrogens with zero attached hydrogens (tertiary/aromatic N) is 3. The molecule has 2 amide bonds. The van der Waals surface area contributed by atoms with Crippen molar-refractivity contribution in [2.75, 3.05) is 26.2 Å². The van der Waals surface area contributed by atoms with Gasteiger partial charge in [0.05, 0.1) is 15.8 Å². The number of fused-ring (bicyclic) bond motifs is 1. The SMILES string of the molecule is Cc1c(C(=O)N2CCN(C(=O)Oc3cccnc3)CC2)sc2c(F)cccc12. The lowest BCUT2D eigenvalue weighted by molar-refractivity contribution is 0.0637. The zero-order valence-electron chi connectivity index (χ0n) is 15.2. The third kappa shape index (κ3) is 3.43. The standard InChI is InChI=1S/C20H18FN3O3S/c1-13-15-5-2-6-16(21)18(15)28-17(13)19(25)23-8-10-24(11-9-23)20(26)27-14-4-3-7-22-12-14/h2-7,12H,8-11H2,1H3. The van der Waals surface area contributed by atoms with Gasteiger partial charge in [-0.3, -0.25) is 9.78 Å². The van der Waals surface area contributed by atoms with Gasteiger partial charge in [0.25, 0.3) is 5.91 Å². The Morgan fingerprint density at radius 2 is 1.86 bits per heavy atom. The summed E-state index contributed by atoms with van der Waals surface area (Å²) < 4.78 is 19.8. The van der Waals surface area contributed by atoms with Crippen LogP contribution in [0.5, 0.6) is 5.75 Å². The molecule has 2 aromatic heterocycles. The van der Waals surface area contributed by atoms with Gasteiger partial charge < -0.3 is 14.5 Å². The van der Waals surface area contributed by atoms with E-state index in [2.05, 4.69) is 4.98 Å². The number of ether oxygens (including phenoxy) is 1. The number of aryl methyl sites for hydroxylation is 1. The van der Waals surface area contributed by atoms with E-state index < -0.39 is 6.09 Å². The minimum absolute atomic E-state index is 0.127. The van der Waals surface area contributed by atoms with Crippen LogP contribution >= 0.6 is 11.3 Å². The molecular weight excluding hydrogens is 381 g/mol. The van der Waals surface area contributed by atoms with Gasteiger partial charge in [-0.2, -0.15) is 0 Å². The van der Waals surface area contributed by atoms with Crippen molar-refractivity contribution < 1.29 is 18.7 Å². The van der Waals surface area contributed by atoms with E-state index in [4.69, 9.17) is 4.74 Å². The van der Waals surface area contributed by atoms with Crippen LogP contribution in [-0.4, -0.2) is 53.0 Å². The second-order valence-electron chi connectivity index (χ2n) is 6.51. The van der Waals surface area contributed by atoms with Crippen molar-refractivity contribution in [3.63, 3.8) is 0 Å². The molecule has 0 aliphatic carbocycles. The first-order valence-electron chi connectivity index (χ1n) is 8.88. The van der Waals surface area contributed by atoms with Crippen molar-refractivity contribution in [2.45, 2.75) is 6.92 Å². The number of benzene rings is 1. The molecule has 0 bridgehead atoms. The van der Waals surface area contributed by atoms with Crippen LogP contribution in [0.15, 0.2) is 42.7 Å². The van der Waals surface area contributed by atoms with Gasteiger partial charge in [-0.1, -0.05) is 12.1 Å². The number of piperazine rings is 1. The normalized spacial score (nSPS) is 14.4. The van der Waals surface area contributed by atoms with E-state index in [-0.39, 0.29) is 11.7 Å². The van der Waals surface area contributed by atoms with E-state index in [0.717, 1.165) is 10.9 Å². The topological polar surface area (TPSA) is 62.7 Å². The van der Waals surface area contributed by atoms with E-state index in [1.165, 1.54) is 23.6 Å². The number of rotatable bonds is 2. The van der Waals surface area contributed by atoms with E-state index in [1.807, 2.05) is 13.0 Å². The zero-order chi connectivity index (χ0) is 19.7. The molecule has 8 heteroatoms. The van der Waals surface area contributed by atoms with Gasteiger partial charge in [-0.05, 0) is 36.1 Å². The largest absolute Gasteiger partial charge is 0.415 e. The van der Waals surface area contributed by atoms with Gasteiger partial charge in [0, 0.05) is 32.4 Å². The second kappa shape index (κ2) is 7.55. The Labute approximate surface area is 165 Å². The maximum absolute atomic E-state index is 14.0. The lowest BCUT2D eigenvalue weighted by Gasteiger charge is -2.33. The zero-order valence-corrected chi connectivity index (χ0v) is 16.0.